The predicted octanol–water partition coefficient (Wildman–Crippen LogP) is 5.63. The van der Waals surface area contributed by atoms with Crippen LogP contribution in [0.2, 0.25) is 0 Å². The molecule has 0 aliphatic carbocycles. The number of rotatable bonds is 5. The Balaban J connectivity index is 1.67. The van der Waals surface area contributed by atoms with Crippen LogP contribution in [0.25, 0.3) is 27.6 Å². The van der Waals surface area contributed by atoms with Gasteiger partial charge in [-0.15, -0.1) is 5.10 Å². The molecule has 0 amide bonds. The minimum atomic E-state index is 0.360. The van der Waals surface area contributed by atoms with E-state index in [-0.39, 0.29) is 0 Å². The van der Waals surface area contributed by atoms with Crippen LogP contribution in [0.3, 0.4) is 0 Å². The van der Waals surface area contributed by atoms with Crippen LogP contribution in [-0.4, -0.2) is 15.8 Å². The van der Waals surface area contributed by atoms with Gasteiger partial charge >= 0.3 is 0 Å². The number of pyridine rings is 1. The zero-order chi connectivity index (χ0) is 23.1. The molecular formula is C27H27N6+. The number of nitrogens with one attached hydrogen (secondary N) is 2. The number of hydrogen-bond donors (Lipinski definition) is 2. The lowest BCUT2D eigenvalue weighted by atomic mass is 10.0. The van der Waals surface area contributed by atoms with Gasteiger partial charge in [-0.3, -0.25) is 4.98 Å². The molecule has 6 heteroatoms. The molecule has 0 atom stereocenters. The molecular weight excluding hydrogens is 408 g/mol. The number of benzene rings is 2. The summed E-state index contributed by atoms with van der Waals surface area (Å²) in [7, 11) is 0. The Labute approximate surface area is 192 Å². The second kappa shape index (κ2) is 8.10. The molecule has 0 saturated heterocycles. The molecule has 3 aromatic heterocycles. The van der Waals surface area contributed by atoms with E-state index in [9.17, 15) is 5.26 Å². The molecule has 0 aliphatic rings. The van der Waals surface area contributed by atoms with Gasteiger partial charge < -0.3 is 4.57 Å². The number of anilines is 1. The number of para-hydroxylation sites is 3. The van der Waals surface area contributed by atoms with Gasteiger partial charge in [-0.2, -0.15) is 15.1 Å². The summed E-state index contributed by atoms with van der Waals surface area (Å²) in [5.74, 6) is 0.880. The smallest absolute Gasteiger partial charge is 0.253 e. The average molecular weight is 436 g/mol. The molecule has 0 fully saturated rings. The lowest BCUT2D eigenvalue weighted by Gasteiger charge is -2.10. The van der Waals surface area contributed by atoms with E-state index < -0.39 is 0 Å². The van der Waals surface area contributed by atoms with Crippen LogP contribution < -0.4 is 9.83 Å². The first-order chi connectivity index (χ1) is 16.0. The number of aromatic amines is 1. The third-order valence-electron chi connectivity index (χ3n) is 6.36. The Hall–Kier alpha value is -4.11. The lowest BCUT2D eigenvalue weighted by molar-refractivity contribution is -0.465. The molecule has 5 rings (SSSR count). The van der Waals surface area contributed by atoms with Crippen molar-refractivity contribution in [2.75, 3.05) is 5.43 Å². The molecule has 3 heterocycles. The van der Waals surface area contributed by atoms with Crippen molar-refractivity contribution < 1.29 is 4.40 Å². The minimum Gasteiger partial charge on any atom is -0.344 e. The van der Waals surface area contributed by atoms with E-state index >= 15 is 0 Å². The highest BCUT2D eigenvalue weighted by Gasteiger charge is 2.24. The third-order valence-corrected chi connectivity index (χ3v) is 6.36. The summed E-state index contributed by atoms with van der Waals surface area (Å²) in [6, 6.07) is 19.2. The third kappa shape index (κ3) is 3.25. The molecule has 0 bridgehead atoms. The van der Waals surface area contributed by atoms with Gasteiger partial charge in [-0.25, -0.2) is 0 Å². The average Bonchev–Trinajstić information content (AvgIpc) is 3.38. The van der Waals surface area contributed by atoms with Crippen molar-refractivity contribution in [1.82, 2.24) is 9.55 Å². The summed E-state index contributed by atoms with van der Waals surface area (Å²) in [6.45, 7) is 8.48. The van der Waals surface area contributed by atoms with Crippen LogP contribution in [0.5, 0.6) is 0 Å². The fourth-order valence-corrected chi connectivity index (χ4v) is 4.74. The Morgan fingerprint density at radius 1 is 1.18 bits per heavy atom. The number of nitrogens with zero attached hydrogens (tertiary/aromatic N) is 4. The van der Waals surface area contributed by atoms with Gasteiger partial charge in [0.1, 0.15) is 22.7 Å². The predicted molar refractivity (Wildman–Crippen MR) is 134 cm³/mol. The summed E-state index contributed by atoms with van der Waals surface area (Å²) < 4.78 is 4.35. The number of hydrogen-bond acceptors (Lipinski definition) is 3. The molecule has 0 saturated carbocycles. The quantitative estimate of drug-likeness (QED) is 0.213. The van der Waals surface area contributed by atoms with Crippen LogP contribution in [0.4, 0.5) is 5.82 Å². The molecule has 0 aliphatic heterocycles. The Morgan fingerprint density at radius 3 is 2.70 bits per heavy atom. The lowest BCUT2D eigenvalue weighted by Crippen LogP contribution is -2.28. The number of H-pyrrole nitrogens is 1. The van der Waals surface area contributed by atoms with Crippen molar-refractivity contribution in [3.8, 4) is 6.07 Å². The van der Waals surface area contributed by atoms with E-state index in [1.54, 1.807) is 0 Å². The van der Waals surface area contributed by atoms with Crippen molar-refractivity contribution in [3.05, 3.63) is 77.0 Å². The summed E-state index contributed by atoms with van der Waals surface area (Å²) in [5.41, 5.74) is 11.1. The maximum atomic E-state index is 9.89. The van der Waals surface area contributed by atoms with E-state index in [2.05, 4.69) is 87.8 Å². The van der Waals surface area contributed by atoms with Gasteiger partial charge in [-0.1, -0.05) is 37.3 Å². The number of aromatic nitrogens is 3. The number of imidazole rings is 1. The monoisotopic (exact) mass is 435 g/mol. The van der Waals surface area contributed by atoms with Gasteiger partial charge in [0.15, 0.2) is 0 Å². The number of fused-ring (bicyclic) bond motifs is 4. The Bertz CT molecular complexity index is 1580. The first kappa shape index (κ1) is 20.8. The second-order valence-electron chi connectivity index (χ2n) is 8.59. The van der Waals surface area contributed by atoms with Crippen molar-refractivity contribution in [1.29, 1.82) is 5.26 Å². The van der Waals surface area contributed by atoms with Crippen LogP contribution >= 0.6 is 0 Å². The Kier molecular flexibility index (Phi) is 5.10. The first-order valence-electron chi connectivity index (χ1n) is 11.3. The van der Waals surface area contributed by atoms with Crippen LogP contribution in [0.15, 0.2) is 59.8 Å². The van der Waals surface area contributed by atoms with E-state index in [1.165, 1.54) is 10.9 Å². The Morgan fingerprint density at radius 2 is 1.94 bits per heavy atom. The zero-order valence-electron chi connectivity index (χ0n) is 19.3. The van der Waals surface area contributed by atoms with Gasteiger partial charge in [0.05, 0.1) is 6.21 Å². The molecule has 6 nitrogen and oxygen atoms in total. The van der Waals surface area contributed by atoms with Crippen LogP contribution in [0, 0.1) is 18.3 Å². The van der Waals surface area contributed by atoms with E-state index in [1.807, 2.05) is 31.3 Å². The molecule has 33 heavy (non-hydrogen) atoms. The van der Waals surface area contributed by atoms with E-state index in [0.29, 0.717) is 11.6 Å². The number of hydrazone groups is 1. The minimum absolute atomic E-state index is 0.360. The fourth-order valence-electron chi connectivity index (χ4n) is 4.74. The largest absolute Gasteiger partial charge is 0.344 e. The molecule has 2 N–H and O–H groups in total. The highest BCUT2D eigenvalue weighted by molar-refractivity contribution is 5.99. The SMILES string of the molecule is CCc1c(C)c(C#N)c2[nH]c3ccccc3[n+]2c1NN=Cc1cn(C(C)C)c2ccccc12. The van der Waals surface area contributed by atoms with Crippen molar-refractivity contribution in [2.45, 2.75) is 40.2 Å². The van der Waals surface area contributed by atoms with Gasteiger partial charge in [0, 0.05) is 34.3 Å². The summed E-state index contributed by atoms with van der Waals surface area (Å²) in [4.78, 5) is 3.42. The van der Waals surface area contributed by atoms with E-state index in [4.69, 9.17) is 0 Å². The first-order valence-corrected chi connectivity index (χ1v) is 11.3. The molecule has 2 aromatic carbocycles. The van der Waals surface area contributed by atoms with E-state index in [0.717, 1.165) is 45.6 Å². The van der Waals surface area contributed by atoms with Gasteiger partial charge in [0.2, 0.25) is 5.65 Å². The maximum Gasteiger partial charge on any atom is 0.253 e. The van der Waals surface area contributed by atoms with Crippen molar-refractivity contribution in [3.63, 3.8) is 0 Å². The molecule has 5 aromatic rings. The normalized spacial score (nSPS) is 11.9. The topological polar surface area (TPSA) is 73.0 Å². The van der Waals surface area contributed by atoms with Gasteiger partial charge in [-0.05, 0) is 51.0 Å². The highest BCUT2D eigenvalue weighted by Crippen LogP contribution is 2.26. The maximum absolute atomic E-state index is 9.89. The molecule has 164 valence electrons. The summed E-state index contributed by atoms with van der Waals surface area (Å²) >= 11 is 0. The van der Waals surface area contributed by atoms with Crippen LogP contribution in [0.1, 0.15) is 49.1 Å². The highest BCUT2D eigenvalue weighted by atomic mass is 15.3. The standard InChI is InChI=1S/C27H26N6/c1-5-20-18(4)22(14-28)26-30-23-11-7-9-13-25(23)33(26)27(20)31-29-15-19-16-32(17(2)3)24-12-8-6-10-21(19)24/h6-13,15-17H,5H2,1-4H3,(H,30,31)/p+1. The molecule has 0 radical (unpaired) electrons. The fraction of sp³-hybridized carbons (Fsp3) is 0.222. The number of nitriles is 1. The second-order valence-corrected chi connectivity index (χ2v) is 8.59. The zero-order valence-corrected chi connectivity index (χ0v) is 19.3. The molecule has 0 unspecified atom stereocenters. The van der Waals surface area contributed by atoms with Gasteiger partial charge in [0.25, 0.3) is 5.82 Å². The molecule has 0 spiro atoms. The van der Waals surface area contributed by atoms with Crippen molar-refractivity contribution >= 4 is 39.6 Å². The summed E-state index contributed by atoms with van der Waals surface area (Å²) in [5, 5.41) is 15.7. The van der Waals surface area contributed by atoms with Crippen LogP contribution in [-0.2, 0) is 6.42 Å². The summed E-state index contributed by atoms with van der Waals surface area (Å²) in [6.07, 6.45) is 4.82. The van der Waals surface area contributed by atoms with Crippen molar-refractivity contribution in [2.24, 2.45) is 5.10 Å².